The van der Waals surface area contributed by atoms with E-state index < -0.39 is 0 Å². The summed E-state index contributed by atoms with van der Waals surface area (Å²) in [5.74, 6) is 0.679. The van der Waals surface area contributed by atoms with Crippen LogP contribution in [0.3, 0.4) is 0 Å². The number of carbonyl (C=O) groups is 1. The molecule has 0 saturated carbocycles. The quantitative estimate of drug-likeness (QED) is 0.880. The lowest BCUT2D eigenvalue weighted by Crippen LogP contribution is -2.50. The molecule has 1 aliphatic heterocycles. The highest BCUT2D eigenvalue weighted by molar-refractivity contribution is 5.91. The number of nitrogens with one attached hydrogen (secondary N) is 1. The molecule has 1 fully saturated rings. The normalized spacial score (nSPS) is 14.3. The number of urea groups is 1. The second-order valence-corrected chi connectivity index (χ2v) is 7.36. The van der Waals surface area contributed by atoms with Crippen molar-refractivity contribution in [2.75, 3.05) is 43.5 Å². The van der Waals surface area contributed by atoms with Crippen LogP contribution in [0.1, 0.15) is 22.3 Å². The molecule has 0 unspecified atom stereocenters. The fourth-order valence-corrected chi connectivity index (χ4v) is 3.92. The molecule has 0 aliphatic carbocycles. The van der Waals surface area contributed by atoms with Crippen molar-refractivity contribution in [3.63, 3.8) is 0 Å². The zero-order valence-corrected chi connectivity index (χ0v) is 16.9. The van der Waals surface area contributed by atoms with E-state index >= 15 is 0 Å². The molecule has 0 bridgehead atoms. The van der Waals surface area contributed by atoms with E-state index in [1.807, 2.05) is 30.0 Å². The second-order valence-electron chi connectivity index (χ2n) is 7.36. The third kappa shape index (κ3) is 4.18. The Morgan fingerprint density at radius 1 is 0.926 bits per heavy atom. The summed E-state index contributed by atoms with van der Waals surface area (Å²) in [4.78, 5) is 17.0. The molecule has 5 heteroatoms. The Morgan fingerprint density at radius 2 is 1.56 bits per heavy atom. The number of anilines is 2. The molecule has 3 rings (SSSR count). The van der Waals surface area contributed by atoms with E-state index in [1.165, 1.54) is 22.4 Å². The highest BCUT2D eigenvalue weighted by atomic mass is 16.5. The molecule has 1 heterocycles. The van der Waals surface area contributed by atoms with E-state index in [-0.39, 0.29) is 6.03 Å². The number of nitrogens with zero attached hydrogens (tertiary/aromatic N) is 2. The zero-order chi connectivity index (χ0) is 19.6. The van der Waals surface area contributed by atoms with Crippen LogP contribution in [0, 0.1) is 27.7 Å². The maximum Gasteiger partial charge on any atom is 0.322 e. The number of methoxy groups -OCH3 is 1. The van der Waals surface area contributed by atoms with Gasteiger partial charge >= 0.3 is 6.03 Å². The van der Waals surface area contributed by atoms with Gasteiger partial charge in [0.05, 0.1) is 12.8 Å². The SMILES string of the molecule is COc1ccc(C)cc1NC(=O)N1CCN(c2c(C)cc(C)cc2C)CC1. The minimum absolute atomic E-state index is 0.0732. The van der Waals surface area contributed by atoms with E-state index in [1.54, 1.807) is 7.11 Å². The minimum atomic E-state index is -0.0732. The maximum atomic E-state index is 12.7. The van der Waals surface area contributed by atoms with Crippen LogP contribution >= 0.6 is 0 Å². The molecular weight excluding hydrogens is 338 g/mol. The number of amides is 2. The third-order valence-electron chi connectivity index (χ3n) is 5.12. The molecule has 27 heavy (non-hydrogen) atoms. The second kappa shape index (κ2) is 7.91. The standard InChI is InChI=1S/C22H29N3O2/c1-15-6-7-20(27-5)19(14-15)23-22(26)25-10-8-24(9-11-25)21-17(3)12-16(2)13-18(21)4/h6-7,12-14H,8-11H2,1-5H3,(H,23,26). The predicted octanol–water partition coefficient (Wildman–Crippen LogP) is 4.28. The molecule has 1 N–H and O–H groups in total. The molecule has 2 amide bonds. The average Bonchev–Trinajstić information content (AvgIpc) is 2.61. The number of carbonyl (C=O) groups excluding carboxylic acids is 1. The van der Waals surface area contributed by atoms with Gasteiger partial charge in [-0.3, -0.25) is 0 Å². The number of aryl methyl sites for hydroxylation is 4. The van der Waals surface area contributed by atoms with Crippen molar-refractivity contribution >= 4 is 17.4 Å². The van der Waals surface area contributed by atoms with E-state index in [2.05, 4.69) is 43.1 Å². The Hall–Kier alpha value is -2.69. The number of rotatable bonds is 3. The van der Waals surface area contributed by atoms with Crippen molar-refractivity contribution in [1.29, 1.82) is 0 Å². The van der Waals surface area contributed by atoms with Gasteiger partial charge in [-0.05, 0) is 56.5 Å². The third-order valence-corrected chi connectivity index (χ3v) is 5.12. The first-order valence-electron chi connectivity index (χ1n) is 9.42. The summed E-state index contributed by atoms with van der Waals surface area (Å²) in [6.07, 6.45) is 0. The molecule has 0 spiro atoms. The fraction of sp³-hybridized carbons (Fsp3) is 0.409. The van der Waals surface area contributed by atoms with Crippen molar-refractivity contribution in [2.45, 2.75) is 27.7 Å². The smallest absolute Gasteiger partial charge is 0.322 e. The summed E-state index contributed by atoms with van der Waals surface area (Å²) in [5.41, 5.74) is 7.00. The van der Waals surface area contributed by atoms with Crippen LogP contribution in [0.5, 0.6) is 5.75 Å². The Labute approximate surface area is 161 Å². The molecule has 0 radical (unpaired) electrons. The Morgan fingerprint density at radius 3 is 2.15 bits per heavy atom. The lowest BCUT2D eigenvalue weighted by atomic mass is 10.0. The number of piperazine rings is 1. The van der Waals surface area contributed by atoms with Crippen molar-refractivity contribution in [2.24, 2.45) is 0 Å². The summed E-state index contributed by atoms with van der Waals surface area (Å²) in [5, 5.41) is 3.00. The molecule has 0 aromatic heterocycles. The van der Waals surface area contributed by atoms with Crippen LogP contribution in [-0.2, 0) is 0 Å². The van der Waals surface area contributed by atoms with Crippen LogP contribution in [0.25, 0.3) is 0 Å². The number of hydrogen-bond acceptors (Lipinski definition) is 3. The van der Waals surface area contributed by atoms with E-state index in [9.17, 15) is 4.79 Å². The van der Waals surface area contributed by atoms with E-state index in [0.29, 0.717) is 18.8 Å². The molecule has 0 atom stereocenters. The zero-order valence-electron chi connectivity index (χ0n) is 16.9. The van der Waals surface area contributed by atoms with Crippen molar-refractivity contribution in [3.8, 4) is 5.75 Å². The van der Waals surface area contributed by atoms with Gasteiger partial charge in [0, 0.05) is 31.9 Å². The predicted molar refractivity (Wildman–Crippen MR) is 111 cm³/mol. The number of hydrogen-bond donors (Lipinski definition) is 1. The van der Waals surface area contributed by atoms with Crippen LogP contribution in [0.4, 0.5) is 16.2 Å². The monoisotopic (exact) mass is 367 g/mol. The van der Waals surface area contributed by atoms with Gasteiger partial charge in [0.15, 0.2) is 0 Å². The Balaban J connectivity index is 1.66. The highest BCUT2D eigenvalue weighted by Gasteiger charge is 2.23. The lowest BCUT2D eigenvalue weighted by molar-refractivity contribution is 0.208. The van der Waals surface area contributed by atoms with Gasteiger partial charge in [-0.2, -0.15) is 0 Å². The van der Waals surface area contributed by atoms with Gasteiger partial charge in [0.1, 0.15) is 5.75 Å². The summed E-state index contributed by atoms with van der Waals surface area (Å²) in [7, 11) is 1.62. The van der Waals surface area contributed by atoms with E-state index in [4.69, 9.17) is 4.74 Å². The van der Waals surface area contributed by atoms with Crippen LogP contribution < -0.4 is 15.0 Å². The summed E-state index contributed by atoms with van der Waals surface area (Å²) in [6, 6.07) is 10.2. The molecule has 2 aromatic rings. The molecule has 2 aromatic carbocycles. The fourth-order valence-electron chi connectivity index (χ4n) is 3.92. The van der Waals surface area contributed by atoms with Crippen molar-refractivity contribution in [1.82, 2.24) is 4.90 Å². The molecule has 1 aliphatic rings. The Bertz CT molecular complexity index is 816. The first-order valence-corrected chi connectivity index (χ1v) is 9.42. The van der Waals surface area contributed by atoms with Crippen LogP contribution in [0.15, 0.2) is 30.3 Å². The first-order chi connectivity index (χ1) is 12.9. The maximum absolute atomic E-state index is 12.7. The highest BCUT2D eigenvalue weighted by Crippen LogP contribution is 2.28. The molecular formula is C22H29N3O2. The molecule has 144 valence electrons. The average molecular weight is 367 g/mol. The minimum Gasteiger partial charge on any atom is -0.495 e. The van der Waals surface area contributed by atoms with E-state index in [0.717, 1.165) is 24.3 Å². The summed E-state index contributed by atoms with van der Waals surface area (Å²) >= 11 is 0. The summed E-state index contributed by atoms with van der Waals surface area (Å²) < 4.78 is 5.36. The Kier molecular flexibility index (Phi) is 5.59. The first kappa shape index (κ1) is 19.1. The van der Waals surface area contributed by atoms with Gasteiger partial charge in [-0.15, -0.1) is 0 Å². The lowest BCUT2D eigenvalue weighted by Gasteiger charge is -2.37. The topological polar surface area (TPSA) is 44.8 Å². The summed E-state index contributed by atoms with van der Waals surface area (Å²) in [6.45, 7) is 11.5. The van der Waals surface area contributed by atoms with Gasteiger partial charge in [0.25, 0.3) is 0 Å². The molecule has 1 saturated heterocycles. The van der Waals surface area contributed by atoms with Crippen LogP contribution in [-0.4, -0.2) is 44.2 Å². The van der Waals surface area contributed by atoms with Crippen LogP contribution in [0.2, 0.25) is 0 Å². The van der Waals surface area contributed by atoms with Gasteiger partial charge in [0.2, 0.25) is 0 Å². The van der Waals surface area contributed by atoms with Crippen molar-refractivity contribution in [3.05, 3.63) is 52.6 Å². The largest absolute Gasteiger partial charge is 0.495 e. The van der Waals surface area contributed by atoms with Gasteiger partial charge in [-0.25, -0.2) is 4.79 Å². The number of ether oxygens (including phenoxy) is 1. The van der Waals surface area contributed by atoms with Crippen molar-refractivity contribution < 1.29 is 9.53 Å². The molecule has 5 nitrogen and oxygen atoms in total. The van der Waals surface area contributed by atoms with Gasteiger partial charge in [-0.1, -0.05) is 23.8 Å². The number of benzene rings is 2. The van der Waals surface area contributed by atoms with Gasteiger partial charge < -0.3 is 19.9 Å².